The number of nitrogens with zero attached hydrogens (tertiary/aromatic N) is 3. The Morgan fingerprint density at radius 1 is 0.897 bits per heavy atom. The van der Waals surface area contributed by atoms with Crippen molar-refractivity contribution in [2.75, 3.05) is 34.4 Å². The molecule has 5 nitrogen and oxygen atoms in total. The topological polar surface area (TPSA) is 39.0 Å². The largest absolute Gasteiger partial charge is 0.493 e. The van der Waals surface area contributed by atoms with Crippen LogP contribution in [0.5, 0.6) is 11.5 Å². The molecule has 29 heavy (non-hydrogen) atoms. The van der Waals surface area contributed by atoms with Crippen LogP contribution in [0, 0.1) is 0 Å². The smallest absolute Gasteiger partial charge is 0.161 e. The zero-order chi connectivity index (χ0) is 20.2. The standard InChI is InChI=1S/C24H25N3O2/c1-26(2)14-15-29-24-16-18(12-13-23(24)28-3)17-25-27-21-10-6-4-8-19(21)20-9-5-7-11-22(20)27/h4-13,16-17H,14-15H2,1-3H3. The Kier molecular flexibility index (Phi) is 5.49. The maximum absolute atomic E-state index is 5.92. The highest BCUT2D eigenvalue weighted by Gasteiger charge is 2.09. The van der Waals surface area contributed by atoms with Gasteiger partial charge in [0.05, 0.1) is 24.4 Å². The van der Waals surface area contributed by atoms with E-state index in [1.165, 1.54) is 10.8 Å². The molecule has 0 saturated carbocycles. The highest BCUT2D eigenvalue weighted by molar-refractivity contribution is 6.08. The summed E-state index contributed by atoms with van der Waals surface area (Å²) in [6.45, 7) is 1.43. The second-order valence-electron chi connectivity index (χ2n) is 7.15. The van der Waals surface area contributed by atoms with E-state index in [1.807, 2.05) is 55.3 Å². The number of aromatic nitrogens is 1. The Morgan fingerprint density at radius 2 is 1.55 bits per heavy atom. The number of para-hydroxylation sites is 2. The lowest BCUT2D eigenvalue weighted by molar-refractivity contribution is 0.250. The minimum atomic E-state index is 0.594. The first kappa shape index (κ1) is 19.0. The van der Waals surface area contributed by atoms with Gasteiger partial charge in [0.25, 0.3) is 0 Å². The molecule has 3 aromatic carbocycles. The Bertz CT molecular complexity index is 1110. The SMILES string of the molecule is COc1ccc(C=Nn2c3ccccc3c3ccccc32)cc1OCCN(C)C. The molecule has 0 aliphatic carbocycles. The number of hydrogen-bond donors (Lipinski definition) is 0. The molecule has 0 aliphatic heterocycles. The highest BCUT2D eigenvalue weighted by Crippen LogP contribution is 2.29. The average molecular weight is 387 g/mol. The average Bonchev–Trinajstić information content (AvgIpc) is 3.06. The van der Waals surface area contributed by atoms with E-state index in [2.05, 4.69) is 41.3 Å². The first-order valence-electron chi connectivity index (χ1n) is 9.65. The summed E-state index contributed by atoms with van der Waals surface area (Å²) in [6, 6.07) is 22.5. The van der Waals surface area contributed by atoms with Crippen LogP contribution >= 0.6 is 0 Å². The van der Waals surface area contributed by atoms with E-state index >= 15 is 0 Å². The van der Waals surface area contributed by atoms with Gasteiger partial charge in [-0.05, 0) is 50.0 Å². The van der Waals surface area contributed by atoms with Crippen molar-refractivity contribution in [3.8, 4) is 11.5 Å². The summed E-state index contributed by atoms with van der Waals surface area (Å²) in [5.41, 5.74) is 3.12. The molecule has 0 fully saturated rings. The molecule has 0 radical (unpaired) electrons. The number of benzene rings is 3. The molecular weight excluding hydrogens is 362 g/mol. The second-order valence-corrected chi connectivity index (χ2v) is 7.15. The highest BCUT2D eigenvalue weighted by atomic mass is 16.5. The molecule has 0 aliphatic rings. The molecule has 1 aromatic heterocycles. The molecule has 1 heterocycles. The van der Waals surface area contributed by atoms with Crippen LogP contribution in [0.4, 0.5) is 0 Å². The zero-order valence-electron chi connectivity index (χ0n) is 17.0. The van der Waals surface area contributed by atoms with E-state index in [0.717, 1.165) is 34.6 Å². The Morgan fingerprint density at radius 3 is 2.17 bits per heavy atom. The van der Waals surface area contributed by atoms with Gasteiger partial charge in [-0.15, -0.1) is 0 Å². The summed E-state index contributed by atoms with van der Waals surface area (Å²) in [6.07, 6.45) is 1.86. The third kappa shape index (κ3) is 3.96. The fraction of sp³-hybridized carbons (Fsp3) is 0.208. The van der Waals surface area contributed by atoms with Gasteiger partial charge < -0.3 is 14.4 Å². The first-order chi connectivity index (χ1) is 14.2. The fourth-order valence-electron chi connectivity index (χ4n) is 3.38. The van der Waals surface area contributed by atoms with E-state index in [-0.39, 0.29) is 0 Å². The molecule has 5 heteroatoms. The van der Waals surface area contributed by atoms with Gasteiger partial charge in [-0.2, -0.15) is 5.10 Å². The van der Waals surface area contributed by atoms with Crippen LogP contribution in [-0.2, 0) is 0 Å². The lowest BCUT2D eigenvalue weighted by Gasteiger charge is -2.13. The molecule has 0 unspecified atom stereocenters. The predicted octanol–water partition coefficient (Wildman–Crippen LogP) is 4.63. The molecule has 148 valence electrons. The predicted molar refractivity (Wildman–Crippen MR) is 119 cm³/mol. The van der Waals surface area contributed by atoms with Crippen molar-refractivity contribution < 1.29 is 9.47 Å². The third-order valence-electron chi connectivity index (χ3n) is 4.86. The van der Waals surface area contributed by atoms with Crippen LogP contribution in [0.1, 0.15) is 5.56 Å². The molecule has 4 aromatic rings. The molecule has 4 rings (SSSR count). The van der Waals surface area contributed by atoms with Crippen LogP contribution in [0.15, 0.2) is 71.8 Å². The Labute approximate surface area is 170 Å². The summed E-state index contributed by atoms with van der Waals surface area (Å²) < 4.78 is 13.3. The summed E-state index contributed by atoms with van der Waals surface area (Å²) >= 11 is 0. The summed E-state index contributed by atoms with van der Waals surface area (Å²) in [5, 5.41) is 7.18. The van der Waals surface area contributed by atoms with E-state index in [4.69, 9.17) is 14.6 Å². The summed E-state index contributed by atoms with van der Waals surface area (Å²) in [4.78, 5) is 2.08. The number of hydrogen-bond acceptors (Lipinski definition) is 4. The van der Waals surface area contributed by atoms with Crippen LogP contribution in [0.2, 0.25) is 0 Å². The lowest BCUT2D eigenvalue weighted by atomic mass is 10.2. The maximum Gasteiger partial charge on any atom is 0.161 e. The molecule has 0 N–H and O–H groups in total. The van der Waals surface area contributed by atoms with E-state index in [0.29, 0.717) is 6.61 Å². The summed E-state index contributed by atoms with van der Waals surface area (Å²) in [5.74, 6) is 1.44. The minimum Gasteiger partial charge on any atom is -0.493 e. The van der Waals surface area contributed by atoms with Crippen molar-refractivity contribution in [2.24, 2.45) is 5.10 Å². The Hall–Kier alpha value is -3.31. The van der Waals surface area contributed by atoms with Gasteiger partial charge in [0, 0.05) is 17.3 Å². The first-order valence-corrected chi connectivity index (χ1v) is 9.65. The number of ether oxygens (including phenoxy) is 2. The second kappa shape index (κ2) is 8.37. The van der Waals surface area contributed by atoms with Gasteiger partial charge >= 0.3 is 0 Å². The minimum absolute atomic E-state index is 0.594. The maximum atomic E-state index is 5.92. The van der Waals surface area contributed by atoms with Gasteiger partial charge in [-0.25, -0.2) is 4.68 Å². The number of rotatable bonds is 7. The zero-order valence-corrected chi connectivity index (χ0v) is 17.0. The molecular formula is C24H25N3O2. The van der Waals surface area contributed by atoms with Crippen LogP contribution in [0.25, 0.3) is 21.8 Å². The Balaban J connectivity index is 1.68. The summed E-state index contributed by atoms with van der Waals surface area (Å²) in [7, 11) is 5.70. The number of likely N-dealkylation sites (N-methyl/N-ethyl adjacent to an activating group) is 1. The third-order valence-corrected chi connectivity index (χ3v) is 4.86. The number of fused-ring (bicyclic) bond motifs is 3. The van der Waals surface area contributed by atoms with E-state index < -0.39 is 0 Å². The van der Waals surface area contributed by atoms with Crippen molar-refractivity contribution >= 4 is 28.0 Å². The molecule has 0 bridgehead atoms. The monoisotopic (exact) mass is 387 g/mol. The fourth-order valence-corrected chi connectivity index (χ4v) is 3.38. The van der Waals surface area contributed by atoms with Crippen molar-refractivity contribution in [3.63, 3.8) is 0 Å². The van der Waals surface area contributed by atoms with Gasteiger partial charge in [0.2, 0.25) is 0 Å². The van der Waals surface area contributed by atoms with Crippen molar-refractivity contribution in [2.45, 2.75) is 0 Å². The van der Waals surface area contributed by atoms with Crippen molar-refractivity contribution in [1.29, 1.82) is 0 Å². The number of methoxy groups -OCH3 is 1. The van der Waals surface area contributed by atoms with Crippen LogP contribution in [-0.4, -0.2) is 50.1 Å². The van der Waals surface area contributed by atoms with Gasteiger partial charge in [-0.1, -0.05) is 36.4 Å². The van der Waals surface area contributed by atoms with Gasteiger partial charge in [-0.3, -0.25) is 0 Å². The molecule has 0 amide bonds. The van der Waals surface area contributed by atoms with Gasteiger partial charge in [0.1, 0.15) is 6.61 Å². The molecule has 0 saturated heterocycles. The molecule has 0 spiro atoms. The van der Waals surface area contributed by atoms with Crippen LogP contribution < -0.4 is 9.47 Å². The quantitative estimate of drug-likeness (QED) is 0.434. The van der Waals surface area contributed by atoms with Crippen molar-refractivity contribution in [1.82, 2.24) is 9.58 Å². The van der Waals surface area contributed by atoms with Crippen LogP contribution in [0.3, 0.4) is 0 Å². The molecule has 0 atom stereocenters. The van der Waals surface area contributed by atoms with E-state index in [1.54, 1.807) is 7.11 Å². The normalized spacial score (nSPS) is 11.7. The lowest BCUT2D eigenvalue weighted by Crippen LogP contribution is -2.19. The van der Waals surface area contributed by atoms with Gasteiger partial charge in [0.15, 0.2) is 11.5 Å². The van der Waals surface area contributed by atoms with E-state index in [9.17, 15) is 0 Å². The van der Waals surface area contributed by atoms with Crippen molar-refractivity contribution in [3.05, 3.63) is 72.3 Å².